The van der Waals surface area contributed by atoms with Crippen LogP contribution in [0.4, 0.5) is 5.69 Å². The topological polar surface area (TPSA) is 93.5 Å². The summed E-state index contributed by atoms with van der Waals surface area (Å²) in [5.74, 6) is -0.692. The second-order valence-electron chi connectivity index (χ2n) is 6.46. The van der Waals surface area contributed by atoms with Crippen LogP contribution in [-0.4, -0.2) is 53.7 Å². The molecule has 130 valence electrons. The molecular formula is C18H20N4O3. The largest absolute Gasteiger partial charge is 0.339 e. The van der Waals surface area contributed by atoms with Gasteiger partial charge in [0.15, 0.2) is 0 Å². The van der Waals surface area contributed by atoms with Crippen LogP contribution in [0.5, 0.6) is 0 Å². The van der Waals surface area contributed by atoms with Crippen molar-refractivity contribution in [2.75, 3.05) is 31.5 Å². The first-order chi connectivity index (χ1) is 12.0. The molecule has 3 amide bonds. The van der Waals surface area contributed by atoms with Crippen LogP contribution in [0.1, 0.15) is 18.9 Å². The minimum absolute atomic E-state index is 0.00294. The minimum atomic E-state index is -0.297. The molecule has 1 aromatic carbocycles. The van der Waals surface area contributed by atoms with Crippen molar-refractivity contribution in [2.45, 2.75) is 13.3 Å². The van der Waals surface area contributed by atoms with E-state index in [1.165, 1.54) is 6.92 Å². The zero-order chi connectivity index (χ0) is 18.0. The lowest BCUT2D eigenvalue weighted by atomic mass is 10.2. The van der Waals surface area contributed by atoms with E-state index >= 15 is 0 Å². The molecule has 0 radical (unpaired) electrons. The zero-order valence-electron chi connectivity index (χ0n) is 14.1. The maximum atomic E-state index is 12.5. The number of anilines is 1. The van der Waals surface area contributed by atoms with E-state index in [9.17, 15) is 14.4 Å². The quantitative estimate of drug-likeness (QED) is 0.882. The summed E-state index contributed by atoms with van der Waals surface area (Å²) in [6, 6.07) is 8.66. The number of hydrogen-bond acceptors (Lipinski definition) is 4. The molecule has 1 saturated heterocycles. The highest BCUT2D eigenvalue weighted by molar-refractivity contribution is 5.99. The van der Waals surface area contributed by atoms with E-state index in [0.29, 0.717) is 43.9 Å². The second kappa shape index (κ2) is 6.93. The highest BCUT2D eigenvalue weighted by atomic mass is 16.2. The first-order valence-corrected chi connectivity index (χ1v) is 8.35. The molecule has 7 nitrogen and oxygen atoms in total. The molecule has 0 aromatic heterocycles. The molecule has 2 unspecified atom stereocenters. The Morgan fingerprint density at radius 1 is 1.04 bits per heavy atom. The van der Waals surface area contributed by atoms with Gasteiger partial charge in [0.2, 0.25) is 17.7 Å². The van der Waals surface area contributed by atoms with Crippen molar-refractivity contribution in [2.24, 2.45) is 11.8 Å². The molecule has 1 aromatic rings. The van der Waals surface area contributed by atoms with Gasteiger partial charge in [-0.3, -0.25) is 14.4 Å². The summed E-state index contributed by atoms with van der Waals surface area (Å²) in [5, 5.41) is 11.6. The van der Waals surface area contributed by atoms with Gasteiger partial charge < -0.3 is 15.1 Å². The molecule has 1 heterocycles. The molecule has 2 fully saturated rings. The van der Waals surface area contributed by atoms with Crippen LogP contribution in [0.3, 0.4) is 0 Å². The van der Waals surface area contributed by atoms with Crippen molar-refractivity contribution in [3.05, 3.63) is 29.8 Å². The number of piperazine rings is 1. The van der Waals surface area contributed by atoms with Crippen molar-refractivity contribution in [3.8, 4) is 6.07 Å². The molecule has 2 atom stereocenters. The van der Waals surface area contributed by atoms with Gasteiger partial charge in [-0.05, 0) is 30.7 Å². The van der Waals surface area contributed by atoms with Crippen molar-refractivity contribution in [1.29, 1.82) is 5.26 Å². The number of amides is 3. The van der Waals surface area contributed by atoms with Crippen molar-refractivity contribution in [3.63, 3.8) is 0 Å². The molecule has 1 aliphatic carbocycles. The average Bonchev–Trinajstić information content (AvgIpc) is 3.42. The molecule has 0 spiro atoms. The third-order valence-electron chi connectivity index (χ3n) is 4.76. The average molecular weight is 340 g/mol. The lowest BCUT2D eigenvalue weighted by Gasteiger charge is -2.34. The Morgan fingerprint density at radius 2 is 1.64 bits per heavy atom. The predicted molar refractivity (Wildman–Crippen MR) is 90.2 cm³/mol. The Balaban J connectivity index is 1.50. The van der Waals surface area contributed by atoms with Crippen molar-refractivity contribution in [1.82, 2.24) is 9.80 Å². The van der Waals surface area contributed by atoms with Crippen LogP contribution in [0, 0.1) is 23.2 Å². The van der Waals surface area contributed by atoms with Gasteiger partial charge in [0.25, 0.3) is 0 Å². The van der Waals surface area contributed by atoms with Crippen LogP contribution in [0.2, 0.25) is 0 Å². The molecule has 3 rings (SSSR count). The number of rotatable bonds is 3. The summed E-state index contributed by atoms with van der Waals surface area (Å²) < 4.78 is 0. The van der Waals surface area contributed by atoms with E-state index in [-0.39, 0.29) is 29.6 Å². The van der Waals surface area contributed by atoms with Gasteiger partial charge >= 0.3 is 0 Å². The van der Waals surface area contributed by atoms with E-state index < -0.39 is 0 Å². The lowest BCUT2D eigenvalue weighted by Crippen LogP contribution is -2.50. The van der Waals surface area contributed by atoms with E-state index in [1.807, 2.05) is 6.07 Å². The lowest BCUT2D eigenvalue weighted by molar-refractivity contribution is -0.139. The fourth-order valence-electron chi connectivity index (χ4n) is 3.10. The standard InChI is InChI=1S/C18H20N4O3/c1-12(23)21-6-8-22(9-7-21)18(25)16-10-15(16)17(24)20-14-4-2-13(11-19)3-5-14/h2-5,15-16H,6-10H2,1H3,(H,20,24). The summed E-state index contributed by atoms with van der Waals surface area (Å²) in [5.41, 5.74) is 1.15. The van der Waals surface area contributed by atoms with E-state index in [2.05, 4.69) is 5.32 Å². The Kier molecular flexibility index (Phi) is 4.70. The van der Waals surface area contributed by atoms with E-state index in [4.69, 9.17) is 5.26 Å². The molecule has 0 bridgehead atoms. The number of carbonyl (C=O) groups is 3. The molecular weight excluding hydrogens is 320 g/mol. The smallest absolute Gasteiger partial charge is 0.228 e. The van der Waals surface area contributed by atoms with Gasteiger partial charge in [-0.15, -0.1) is 0 Å². The van der Waals surface area contributed by atoms with Crippen LogP contribution < -0.4 is 5.32 Å². The van der Waals surface area contributed by atoms with Gasteiger partial charge in [-0.2, -0.15) is 5.26 Å². The predicted octanol–water partition coefficient (Wildman–Crippen LogP) is 0.824. The van der Waals surface area contributed by atoms with Crippen molar-refractivity contribution < 1.29 is 14.4 Å². The number of nitrogens with zero attached hydrogens (tertiary/aromatic N) is 3. The molecule has 7 heteroatoms. The van der Waals surface area contributed by atoms with E-state index in [1.54, 1.807) is 34.1 Å². The SMILES string of the molecule is CC(=O)N1CCN(C(=O)C2CC2C(=O)Nc2ccc(C#N)cc2)CC1. The van der Waals surface area contributed by atoms with Gasteiger partial charge in [0, 0.05) is 38.8 Å². The normalized spacial score (nSPS) is 22.1. The monoisotopic (exact) mass is 340 g/mol. The van der Waals surface area contributed by atoms with Gasteiger partial charge in [-0.1, -0.05) is 0 Å². The Labute approximate surface area is 146 Å². The first kappa shape index (κ1) is 17.0. The molecule has 2 aliphatic rings. The van der Waals surface area contributed by atoms with Gasteiger partial charge in [0.1, 0.15) is 0 Å². The molecule has 1 aliphatic heterocycles. The molecule has 1 N–H and O–H groups in total. The number of nitriles is 1. The number of benzene rings is 1. The maximum absolute atomic E-state index is 12.5. The fraction of sp³-hybridized carbons (Fsp3) is 0.444. The molecule has 25 heavy (non-hydrogen) atoms. The Hall–Kier alpha value is -2.88. The van der Waals surface area contributed by atoms with Crippen LogP contribution in [0.15, 0.2) is 24.3 Å². The van der Waals surface area contributed by atoms with Gasteiger partial charge in [0.05, 0.1) is 23.5 Å². The highest BCUT2D eigenvalue weighted by Gasteiger charge is 2.49. The first-order valence-electron chi connectivity index (χ1n) is 8.35. The summed E-state index contributed by atoms with van der Waals surface area (Å²) in [6.07, 6.45) is 0.563. The van der Waals surface area contributed by atoms with Crippen LogP contribution >= 0.6 is 0 Å². The third-order valence-corrected chi connectivity index (χ3v) is 4.76. The Bertz CT molecular complexity index is 730. The van der Waals surface area contributed by atoms with Crippen molar-refractivity contribution >= 4 is 23.4 Å². The number of nitrogens with one attached hydrogen (secondary N) is 1. The van der Waals surface area contributed by atoms with Crippen LogP contribution in [-0.2, 0) is 14.4 Å². The summed E-state index contributed by atoms with van der Waals surface area (Å²) >= 11 is 0. The van der Waals surface area contributed by atoms with E-state index in [0.717, 1.165) is 0 Å². The zero-order valence-corrected chi connectivity index (χ0v) is 14.1. The molecule has 1 saturated carbocycles. The summed E-state index contributed by atoms with van der Waals surface area (Å²) in [7, 11) is 0. The second-order valence-corrected chi connectivity index (χ2v) is 6.46. The van der Waals surface area contributed by atoms with Crippen LogP contribution in [0.25, 0.3) is 0 Å². The minimum Gasteiger partial charge on any atom is -0.339 e. The summed E-state index contributed by atoms with van der Waals surface area (Å²) in [4.78, 5) is 39.6. The van der Waals surface area contributed by atoms with Gasteiger partial charge in [-0.25, -0.2) is 0 Å². The fourth-order valence-corrected chi connectivity index (χ4v) is 3.10. The number of carbonyl (C=O) groups excluding carboxylic acids is 3. The Morgan fingerprint density at radius 3 is 2.20 bits per heavy atom. The maximum Gasteiger partial charge on any atom is 0.228 e. The number of hydrogen-bond donors (Lipinski definition) is 1. The summed E-state index contributed by atoms with van der Waals surface area (Å²) in [6.45, 7) is 3.69. The third kappa shape index (κ3) is 3.79. The highest BCUT2D eigenvalue weighted by Crippen LogP contribution is 2.41.